The number of rotatable bonds is 8. The second-order valence-corrected chi connectivity index (χ2v) is 7.49. The molecule has 3 aromatic carbocycles. The maximum atomic E-state index is 12.9. The van der Waals surface area contributed by atoms with Crippen LogP contribution in [0.4, 0.5) is 0 Å². The summed E-state index contributed by atoms with van der Waals surface area (Å²) in [6, 6.07) is 27.2. The van der Waals surface area contributed by atoms with Gasteiger partial charge in [0.1, 0.15) is 12.2 Å². The molecule has 0 saturated heterocycles. The summed E-state index contributed by atoms with van der Waals surface area (Å²) in [5.41, 5.74) is 3.32. The van der Waals surface area contributed by atoms with E-state index in [2.05, 4.69) is 10.4 Å². The third kappa shape index (κ3) is 5.53. The molecule has 0 atom stereocenters. The monoisotopic (exact) mass is 431 g/mol. The first-order valence-corrected chi connectivity index (χ1v) is 10.4. The fourth-order valence-electron chi connectivity index (χ4n) is 3.16. The van der Waals surface area contributed by atoms with Gasteiger partial charge < -0.3 is 10.1 Å². The van der Waals surface area contributed by atoms with Crippen molar-refractivity contribution < 1.29 is 9.53 Å². The van der Waals surface area contributed by atoms with E-state index in [4.69, 9.17) is 16.3 Å². The summed E-state index contributed by atoms with van der Waals surface area (Å²) in [7, 11) is 0. The molecular weight excluding hydrogens is 410 g/mol. The fourth-order valence-corrected chi connectivity index (χ4v) is 3.36. The number of amides is 1. The predicted octanol–water partition coefficient (Wildman–Crippen LogP) is 5.09. The molecule has 1 heterocycles. The number of carbonyl (C=O) groups is 1. The fraction of sp³-hybridized carbons (Fsp3) is 0.120. The third-order valence-electron chi connectivity index (χ3n) is 4.78. The Labute approximate surface area is 186 Å². The Bertz CT molecular complexity index is 1140. The van der Waals surface area contributed by atoms with Gasteiger partial charge in [0.05, 0.1) is 6.54 Å². The van der Waals surface area contributed by atoms with Crippen LogP contribution in [0.15, 0.2) is 91.1 Å². The molecule has 0 radical (unpaired) electrons. The Morgan fingerprint density at radius 1 is 0.903 bits per heavy atom. The maximum absolute atomic E-state index is 12.9. The molecular formula is C25H22ClN3O2. The zero-order valence-corrected chi connectivity index (χ0v) is 17.6. The molecule has 5 nitrogen and oxygen atoms in total. The molecule has 0 aliphatic heterocycles. The SMILES string of the molecule is O=C(NCc1ccccc1Cl)c1cn(Cc2ccccc2)nc1OCc1ccccc1. The van der Waals surface area contributed by atoms with Gasteiger partial charge in [0, 0.05) is 17.8 Å². The molecule has 0 bridgehead atoms. The number of halogens is 1. The van der Waals surface area contributed by atoms with Gasteiger partial charge in [0.15, 0.2) is 0 Å². The minimum atomic E-state index is -0.262. The lowest BCUT2D eigenvalue weighted by atomic mass is 10.2. The van der Waals surface area contributed by atoms with Crippen LogP contribution in [0.2, 0.25) is 5.02 Å². The number of hydrogen-bond donors (Lipinski definition) is 1. The van der Waals surface area contributed by atoms with Crippen molar-refractivity contribution in [3.63, 3.8) is 0 Å². The first kappa shape index (κ1) is 20.7. The van der Waals surface area contributed by atoms with Gasteiger partial charge in [-0.2, -0.15) is 0 Å². The van der Waals surface area contributed by atoms with Gasteiger partial charge >= 0.3 is 0 Å². The second kappa shape index (κ2) is 9.96. The number of ether oxygens (including phenoxy) is 1. The van der Waals surface area contributed by atoms with Crippen molar-refractivity contribution in [3.8, 4) is 5.88 Å². The molecule has 1 N–H and O–H groups in total. The summed E-state index contributed by atoms with van der Waals surface area (Å²) in [5, 5.41) is 8.05. The maximum Gasteiger partial charge on any atom is 0.258 e. The van der Waals surface area contributed by atoms with Crippen LogP contribution in [0, 0.1) is 0 Å². The van der Waals surface area contributed by atoms with Crippen molar-refractivity contribution in [2.75, 3.05) is 0 Å². The Morgan fingerprint density at radius 3 is 2.26 bits per heavy atom. The summed E-state index contributed by atoms with van der Waals surface area (Å²) >= 11 is 6.20. The van der Waals surface area contributed by atoms with Crippen molar-refractivity contribution >= 4 is 17.5 Å². The third-order valence-corrected chi connectivity index (χ3v) is 5.14. The van der Waals surface area contributed by atoms with Crippen LogP contribution in [0.1, 0.15) is 27.0 Å². The minimum Gasteiger partial charge on any atom is -0.471 e. The van der Waals surface area contributed by atoms with Gasteiger partial charge in [-0.25, -0.2) is 0 Å². The normalized spacial score (nSPS) is 10.6. The zero-order valence-electron chi connectivity index (χ0n) is 16.9. The summed E-state index contributed by atoms with van der Waals surface area (Å²) in [6.07, 6.45) is 1.72. The number of carbonyl (C=O) groups excluding carboxylic acids is 1. The molecule has 1 aromatic heterocycles. The van der Waals surface area contributed by atoms with E-state index < -0.39 is 0 Å². The number of benzene rings is 3. The molecule has 31 heavy (non-hydrogen) atoms. The van der Waals surface area contributed by atoms with Crippen molar-refractivity contribution in [2.24, 2.45) is 0 Å². The van der Waals surface area contributed by atoms with E-state index in [0.29, 0.717) is 36.2 Å². The Kier molecular flexibility index (Phi) is 6.65. The average molecular weight is 432 g/mol. The van der Waals surface area contributed by atoms with E-state index in [1.54, 1.807) is 16.9 Å². The van der Waals surface area contributed by atoms with Gasteiger partial charge in [-0.3, -0.25) is 9.48 Å². The highest BCUT2D eigenvalue weighted by molar-refractivity contribution is 6.31. The van der Waals surface area contributed by atoms with Crippen LogP contribution in [0.25, 0.3) is 0 Å². The highest BCUT2D eigenvalue weighted by Crippen LogP contribution is 2.20. The summed E-state index contributed by atoms with van der Waals surface area (Å²) < 4.78 is 7.64. The first-order valence-electron chi connectivity index (χ1n) is 9.99. The molecule has 0 unspecified atom stereocenters. The molecule has 0 saturated carbocycles. The summed E-state index contributed by atoms with van der Waals surface area (Å²) in [6.45, 7) is 1.19. The average Bonchev–Trinajstić information content (AvgIpc) is 3.21. The zero-order chi connectivity index (χ0) is 21.5. The van der Waals surface area contributed by atoms with Crippen molar-refractivity contribution in [1.82, 2.24) is 15.1 Å². The van der Waals surface area contributed by atoms with Crippen LogP contribution >= 0.6 is 11.6 Å². The second-order valence-electron chi connectivity index (χ2n) is 7.08. The van der Waals surface area contributed by atoms with Crippen LogP contribution in [-0.2, 0) is 19.7 Å². The van der Waals surface area contributed by atoms with Crippen LogP contribution in [-0.4, -0.2) is 15.7 Å². The summed E-state index contributed by atoms with van der Waals surface area (Å²) in [4.78, 5) is 12.9. The minimum absolute atomic E-state index is 0.262. The number of aromatic nitrogens is 2. The summed E-state index contributed by atoms with van der Waals surface area (Å²) in [5.74, 6) is 0.0405. The van der Waals surface area contributed by atoms with Crippen molar-refractivity contribution in [2.45, 2.75) is 19.7 Å². The lowest BCUT2D eigenvalue weighted by Gasteiger charge is -2.08. The molecule has 0 spiro atoms. The Morgan fingerprint density at radius 2 is 1.55 bits per heavy atom. The van der Waals surface area contributed by atoms with Crippen molar-refractivity contribution in [1.29, 1.82) is 0 Å². The predicted molar refractivity (Wildman–Crippen MR) is 121 cm³/mol. The van der Waals surface area contributed by atoms with Gasteiger partial charge in [0.25, 0.3) is 5.91 Å². The molecule has 0 fully saturated rings. The first-order chi connectivity index (χ1) is 15.2. The van der Waals surface area contributed by atoms with Gasteiger partial charge in [0.2, 0.25) is 5.88 Å². The highest BCUT2D eigenvalue weighted by Gasteiger charge is 2.18. The van der Waals surface area contributed by atoms with E-state index in [0.717, 1.165) is 16.7 Å². The van der Waals surface area contributed by atoms with Crippen LogP contribution < -0.4 is 10.1 Å². The van der Waals surface area contributed by atoms with Crippen LogP contribution in [0.3, 0.4) is 0 Å². The smallest absolute Gasteiger partial charge is 0.258 e. The number of nitrogens with zero attached hydrogens (tertiary/aromatic N) is 2. The van der Waals surface area contributed by atoms with E-state index in [1.807, 2.05) is 78.9 Å². The largest absolute Gasteiger partial charge is 0.471 e. The molecule has 4 rings (SSSR count). The molecule has 0 aliphatic carbocycles. The molecule has 156 valence electrons. The lowest BCUT2D eigenvalue weighted by Crippen LogP contribution is -2.23. The Balaban J connectivity index is 1.52. The molecule has 0 aliphatic rings. The lowest BCUT2D eigenvalue weighted by molar-refractivity contribution is 0.0946. The van der Waals surface area contributed by atoms with Crippen LogP contribution in [0.5, 0.6) is 5.88 Å². The topological polar surface area (TPSA) is 56.2 Å². The van der Waals surface area contributed by atoms with Gasteiger partial charge in [-0.15, -0.1) is 5.10 Å². The molecule has 4 aromatic rings. The van der Waals surface area contributed by atoms with E-state index in [9.17, 15) is 4.79 Å². The number of nitrogens with one attached hydrogen (secondary N) is 1. The standard InChI is InChI=1S/C25H22ClN3O2/c26-23-14-8-7-13-21(23)15-27-24(30)22-17-29(16-19-9-3-1-4-10-19)28-25(22)31-18-20-11-5-2-6-12-20/h1-14,17H,15-16,18H2,(H,27,30). The number of hydrogen-bond acceptors (Lipinski definition) is 3. The van der Waals surface area contributed by atoms with Crippen molar-refractivity contribution in [3.05, 3.63) is 118 Å². The van der Waals surface area contributed by atoms with E-state index in [-0.39, 0.29) is 5.91 Å². The highest BCUT2D eigenvalue weighted by atomic mass is 35.5. The Hall–Kier alpha value is -3.57. The quantitative estimate of drug-likeness (QED) is 0.422. The van der Waals surface area contributed by atoms with Gasteiger partial charge in [-0.1, -0.05) is 90.5 Å². The van der Waals surface area contributed by atoms with E-state index in [1.165, 1.54) is 0 Å². The molecule has 6 heteroatoms. The van der Waals surface area contributed by atoms with E-state index >= 15 is 0 Å². The van der Waals surface area contributed by atoms with Gasteiger partial charge in [-0.05, 0) is 22.8 Å². The molecule has 1 amide bonds.